The minimum Gasteiger partial charge on any atom is -0.497 e. The van der Waals surface area contributed by atoms with Gasteiger partial charge in [0.2, 0.25) is 5.91 Å². The largest absolute Gasteiger partial charge is 0.497 e. The Labute approximate surface area is 190 Å². The first-order valence-electron chi connectivity index (χ1n) is 11.6. The number of nitrogens with zero attached hydrogens (tertiary/aromatic N) is 3. The van der Waals surface area contributed by atoms with Gasteiger partial charge in [-0.25, -0.2) is 0 Å². The molecule has 0 spiro atoms. The van der Waals surface area contributed by atoms with Crippen molar-refractivity contribution >= 4 is 17.5 Å². The van der Waals surface area contributed by atoms with Crippen LogP contribution in [-0.2, 0) is 4.79 Å². The van der Waals surface area contributed by atoms with E-state index < -0.39 is 0 Å². The SMILES string of the molecule is COc1ccc(N2CCN(C(=O)CC3CCN(C(=O)c4[nH]c(C)cc4C)CC3)CC2)cc1. The summed E-state index contributed by atoms with van der Waals surface area (Å²) < 4.78 is 5.23. The fourth-order valence-electron chi connectivity index (χ4n) is 4.83. The lowest BCUT2D eigenvalue weighted by Gasteiger charge is -2.37. The van der Waals surface area contributed by atoms with E-state index >= 15 is 0 Å². The summed E-state index contributed by atoms with van der Waals surface area (Å²) in [5.41, 5.74) is 3.88. The van der Waals surface area contributed by atoms with Gasteiger partial charge in [0.25, 0.3) is 5.91 Å². The summed E-state index contributed by atoms with van der Waals surface area (Å²) in [5, 5.41) is 0. The van der Waals surface area contributed by atoms with Gasteiger partial charge >= 0.3 is 0 Å². The Morgan fingerprint density at radius 2 is 1.62 bits per heavy atom. The van der Waals surface area contributed by atoms with Crippen molar-refractivity contribution in [3.8, 4) is 5.75 Å². The molecule has 2 fully saturated rings. The number of carbonyl (C=O) groups is 2. The van der Waals surface area contributed by atoms with E-state index in [4.69, 9.17) is 4.74 Å². The van der Waals surface area contributed by atoms with Crippen LogP contribution in [0, 0.1) is 19.8 Å². The van der Waals surface area contributed by atoms with E-state index in [1.54, 1.807) is 7.11 Å². The number of aromatic amines is 1. The maximum absolute atomic E-state index is 12.9. The molecule has 0 saturated carbocycles. The van der Waals surface area contributed by atoms with E-state index in [9.17, 15) is 9.59 Å². The lowest BCUT2D eigenvalue weighted by molar-refractivity contribution is -0.132. The second-order valence-corrected chi connectivity index (χ2v) is 9.02. The van der Waals surface area contributed by atoms with E-state index in [0.717, 1.165) is 69.1 Å². The minimum absolute atomic E-state index is 0.0787. The number of piperazine rings is 1. The number of amides is 2. The highest BCUT2D eigenvalue weighted by Gasteiger charge is 2.29. The van der Waals surface area contributed by atoms with Crippen LogP contribution in [0.25, 0.3) is 0 Å². The summed E-state index contributed by atoms with van der Waals surface area (Å²) in [7, 11) is 1.67. The average Bonchev–Trinajstić information content (AvgIpc) is 3.17. The van der Waals surface area contributed by atoms with Crippen LogP contribution < -0.4 is 9.64 Å². The summed E-state index contributed by atoms with van der Waals surface area (Å²) in [4.78, 5) is 35.1. The number of hydrogen-bond acceptors (Lipinski definition) is 4. The molecule has 1 N–H and O–H groups in total. The van der Waals surface area contributed by atoms with Crippen molar-refractivity contribution in [3.05, 3.63) is 47.3 Å². The van der Waals surface area contributed by atoms with Gasteiger partial charge in [0.05, 0.1) is 7.11 Å². The molecule has 0 unspecified atom stereocenters. The number of aromatic nitrogens is 1. The molecular formula is C25H34N4O3. The van der Waals surface area contributed by atoms with E-state index in [1.165, 1.54) is 5.69 Å². The molecule has 1 aromatic heterocycles. The van der Waals surface area contributed by atoms with Gasteiger partial charge in [-0.3, -0.25) is 9.59 Å². The summed E-state index contributed by atoms with van der Waals surface area (Å²) in [6.45, 7) is 8.59. The third kappa shape index (κ3) is 4.92. The van der Waals surface area contributed by atoms with Gasteiger partial charge in [-0.05, 0) is 68.5 Å². The third-order valence-corrected chi connectivity index (χ3v) is 6.80. The lowest BCUT2D eigenvalue weighted by Crippen LogP contribution is -2.49. The van der Waals surface area contributed by atoms with Crippen LogP contribution in [-0.4, -0.2) is 73.0 Å². The molecule has 2 amide bonds. The monoisotopic (exact) mass is 438 g/mol. The van der Waals surface area contributed by atoms with Gasteiger partial charge < -0.3 is 24.4 Å². The smallest absolute Gasteiger partial charge is 0.270 e. The third-order valence-electron chi connectivity index (χ3n) is 6.80. The van der Waals surface area contributed by atoms with Crippen molar-refractivity contribution in [2.75, 3.05) is 51.3 Å². The number of likely N-dealkylation sites (tertiary alicyclic amines) is 1. The molecule has 172 valence electrons. The quantitative estimate of drug-likeness (QED) is 0.778. The number of ether oxygens (including phenoxy) is 1. The van der Waals surface area contributed by atoms with Gasteiger partial charge in [-0.15, -0.1) is 0 Å². The summed E-state index contributed by atoms with van der Waals surface area (Å²) in [6, 6.07) is 10.1. The maximum atomic E-state index is 12.9. The topological polar surface area (TPSA) is 68.9 Å². The van der Waals surface area contributed by atoms with Crippen molar-refractivity contribution in [2.45, 2.75) is 33.1 Å². The Balaban J connectivity index is 1.22. The molecule has 1 aromatic carbocycles. The number of H-pyrrole nitrogens is 1. The number of hydrogen-bond donors (Lipinski definition) is 1. The van der Waals surface area contributed by atoms with E-state index in [2.05, 4.69) is 22.0 Å². The summed E-state index contributed by atoms with van der Waals surface area (Å²) in [5.74, 6) is 1.54. The number of nitrogens with one attached hydrogen (secondary N) is 1. The Kier molecular flexibility index (Phi) is 6.72. The number of piperidine rings is 1. The Hall–Kier alpha value is -2.96. The van der Waals surface area contributed by atoms with Crippen molar-refractivity contribution in [1.82, 2.24) is 14.8 Å². The van der Waals surface area contributed by atoms with Crippen LogP contribution in [0.1, 0.15) is 41.0 Å². The minimum atomic E-state index is 0.0787. The standard InChI is InChI=1S/C25H34N4O3/c1-18-16-19(2)26-24(18)25(31)29-10-8-20(9-11-29)17-23(30)28-14-12-27(13-15-28)21-4-6-22(32-3)7-5-21/h4-7,16,20,26H,8-15,17H2,1-3H3. The number of rotatable bonds is 5. The average molecular weight is 439 g/mol. The fraction of sp³-hybridized carbons (Fsp3) is 0.520. The molecule has 0 radical (unpaired) electrons. The normalized spacial score (nSPS) is 17.5. The zero-order valence-electron chi connectivity index (χ0n) is 19.4. The van der Waals surface area contributed by atoms with Crippen molar-refractivity contribution in [3.63, 3.8) is 0 Å². The van der Waals surface area contributed by atoms with Crippen molar-refractivity contribution in [2.24, 2.45) is 5.92 Å². The number of benzene rings is 1. The Morgan fingerprint density at radius 3 is 2.19 bits per heavy atom. The van der Waals surface area contributed by atoms with Gasteiger partial charge in [0, 0.05) is 57.1 Å². The molecule has 0 aliphatic carbocycles. The molecule has 0 bridgehead atoms. The van der Waals surface area contributed by atoms with Crippen LogP contribution in [0.4, 0.5) is 5.69 Å². The van der Waals surface area contributed by atoms with Gasteiger partial charge in [0.15, 0.2) is 0 Å². The molecule has 3 heterocycles. The Bertz CT molecular complexity index is 937. The summed E-state index contributed by atoms with van der Waals surface area (Å²) in [6.07, 6.45) is 2.37. The Morgan fingerprint density at radius 1 is 0.969 bits per heavy atom. The van der Waals surface area contributed by atoms with Gasteiger partial charge in [-0.1, -0.05) is 0 Å². The fourth-order valence-corrected chi connectivity index (χ4v) is 4.83. The first-order valence-corrected chi connectivity index (χ1v) is 11.6. The molecule has 2 aliphatic rings. The zero-order chi connectivity index (χ0) is 22.7. The first-order chi connectivity index (χ1) is 15.4. The molecule has 2 aliphatic heterocycles. The molecular weight excluding hydrogens is 404 g/mol. The number of methoxy groups -OCH3 is 1. The number of anilines is 1. The molecule has 0 atom stereocenters. The van der Waals surface area contributed by atoms with Crippen LogP contribution in [0.15, 0.2) is 30.3 Å². The molecule has 2 saturated heterocycles. The van der Waals surface area contributed by atoms with Gasteiger partial charge in [0.1, 0.15) is 11.4 Å². The molecule has 4 rings (SSSR count). The molecule has 32 heavy (non-hydrogen) atoms. The highest BCUT2D eigenvalue weighted by atomic mass is 16.5. The number of aryl methyl sites for hydroxylation is 2. The predicted molar refractivity (Wildman–Crippen MR) is 125 cm³/mol. The van der Waals surface area contributed by atoms with Crippen LogP contribution in [0.5, 0.6) is 5.75 Å². The van der Waals surface area contributed by atoms with Gasteiger partial charge in [-0.2, -0.15) is 0 Å². The second-order valence-electron chi connectivity index (χ2n) is 9.02. The van der Waals surface area contributed by atoms with Crippen LogP contribution >= 0.6 is 0 Å². The second kappa shape index (κ2) is 9.67. The maximum Gasteiger partial charge on any atom is 0.270 e. The molecule has 7 heteroatoms. The van der Waals surface area contributed by atoms with Crippen molar-refractivity contribution in [1.29, 1.82) is 0 Å². The first kappa shape index (κ1) is 22.2. The number of carbonyl (C=O) groups excluding carboxylic acids is 2. The lowest BCUT2D eigenvalue weighted by atomic mass is 9.92. The van der Waals surface area contributed by atoms with Crippen LogP contribution in [0.3, 0.4) is 0 Å². The van der Waals surface area contributed by atoms with E-state index in [1.807, 2.05) is 41.8 Å². The van der Waals surface area contributed by atoms with Crippen LogP contribution in [0.2, 0.25) is 0 Å². The summed E-state index contributed by atoms with van der Waals surface area (Å²) >= 11 is 0. The highest BCUT2D eigenvalue weighted by Crippen LogP contribution is 2.25. The van der Waals surface area contributed by atoms with E-state index in [-0.39, 0.29) is 11.8 Å². The van der Waals surface area contributed by atoms with E-state index in [0.29, 0.717) is 18.0 Å². The predicted octanol–water partition coefficient (Wildman–Crippen LogP) is 3.23. The zero-order valence-corrected chi connectivity index (χ0v) is 19.4. The molecule has 2 aromatic rings. The van der Waals surface area contributed by atoms with Crippen molar-refractivity contribution < 1.29 is 14.3 Å². The highest BCUT2D eigenvalue weighted by molar-refractivity contribution is 5.94. The molecule has 7 nitrogen and oxygen atoms in total.